The monoisotopic (exact) mass is 340 g/mol. The van der Waals surface area contributed by atoms with Crippen molar-refractivity contribution in [1.82, 2.24) is 4.90 Å². The van der Waals surface area contributed by atoms with E-state index < -0.39 is 0 Å². The fourth-order valence-corrected chi connectivity index (χ4v) is 2.88. The summed E-state index contributed by atoms with van der Waals surface area (Å²) in [7, 11) is 0. The van der Waals surface area contributed by atoms with Crippen molar-refractivity contribution in [3.63, 3.8) is 0 Å². The van der Waals surface area contributed by atoms with Gasteiger partial charge >= 0.3 is 0 Å². The first-order chi connectivity index (χ1) is 10.7. The summed E-state index contributed by atoms with van der Waals surface area (Å²) in [4.78, 5) is 14.3. The molecule has 23 heavy (non-hydrogen) atoms. The summed E-state index contributed by atoms with van der Waals surface area (Å²) < 4.78 is 5.78. The Morgan fingerprint density at radius 1 is 1.35 bits per heavy atom. The molecule has 0 atom stereocenters. The van der Waals surface area contributed by atoms with Crippen LogP contribution in [0.4, 0.5) is 0 Å². The molecule has 0 spiro atoms. The molecule has 1 aliphatic rings. The fraction of sp³-hybridized carbons (Fsp3) is 0.611. The molecule has 1 saturated heterocycles. The molecule has 0 unspecified atom stereocenters. The van der Waals surface area contributed by atoms with Crippen molar-refractivity contribution in [2.75, 3.05) is 26.2 Å². The van der Waals surface area contributed by atoms with E-state index in [1.807, 2.05) is 4.90 Å². The van der Waals surface area contributed by atoms with Crippen molar-refractivity contribution in [2.24, 2.45) is 5.73 Å². The van der Waals surface area contributed by atoms with Crippen molar-refractivity contribution >= 4 is 18.3 Å². The van der Waals surface area contributed by atoms with Crippen molar-refractivity contribution in [1.29, 1.82) is 0 Å². The Hall–Kier alpha value is -1.10. The number of amides is 1. The van der Waals surface area contributed by atoms with Gasteiger partial charge in [0, 0.05) is 26.1 Å². The van der Waals surface area contributed by atoms with Gasteiger partial charge in [-0.25, -0.2) is 0 Å². The number of nitrogens with two attached hydrogens (primary N) is 1. The highest BCUT2D eigenvalue weighted by atomic mass is 35.5. The third-order valence-electron chi connectivity index (χ3n) is 4.21. The van der Waals surface area contributed by atoms with E-state index in [2.05, 4.69) is 31.2 Å². The number of carbonyl (C=O) groups excluding carboxylic acids is 1. The van der Waals surface area contributed by atoms with Crippen LogP contribution in [-0.4, -0.2) is 43.2 Å². The molecule has 0 saturated carbocycles. The van der Waals surface area contributed by atoms with Gasteiger partial charge in [-0.2, -0.15) is 0 Å². The van der Waals surface area contributed by atoms with Crippen molar-refractivity contribution < 1.29 is 9.53 Å². The maximum absolute atomic E-state index is 12.3. The number of benzene rings is 1. The van der Waals surface area contributed by atoms with Crippen LogP contribution in [0.5, 0.6) is 0 Å². The topological polar surface area (TPSA) is 55.6 Å². The van der Waals surface area contributed by atoms with Crippen LogP contribution in [0.25, 0.3) is 0 Å². The van der Waals surface area contributed by atoms with Gasteiger partial charge in [-0.15, -0.1) is 12.4 Å². The summed E-state index contributed by atoms with van der Waals surface area (Å²) in [5.41, 5.74) is 7.96. The zero-order valence-electron chi connectivity index (χ0n) is 14.0. The van der Waals surface area contributed by atoms with E-state index in [4.69, 9.17) is 10.5 Å². The summed E-state index contributed by atoms with van der Waals surface area (Å²) in [5.74, 6) is 0.266. The van der Waals surface area contributed by atoms with Crippen LogP contribution in [-0.2, 0) is 16.0 Å². The zero-order chi connectivity index (χ0) is 15.8. The first kappa shape index (κ1) is 19.9. The second kappa shape index (κ2) is 10.6. The lowest BCUT2D eigenvalue weighted by molar-refractivity contribution is -0.133. The van der Waals surface area contributed by atoms with Gasteiger partial charge in [0.1, 0.15) is 0 Å². The minimum atomic E-state index is 0. The van der Waals surface area contributed by atoms with Crippen LogP contribution in [0.2, 0.25) is 0 Å². The molecule has 0 radical (unpaired) electrons. The van der Waals surface area contributed by atoms with Gasteiger partial charge in [-0.1, -0.05) is 29.8 Å². The average Bonchev–Trinajstić information content (AvgIpc) is 2.54. The van der Waals surface area contributed by atoms with Crippen LogP contribution in [0.3, 0.4) is 0 Å². The molecule has 130 valence electrons. The second-order valence-electron chi connectivity index (χ2n) is 6.08. The standard InChI is InChI=1S/C18H28N2O2.ClH/c1-15-4-2-5-16(14-15)6-7-18(21)20-11-8-17(9-12-20)22-13-3-10-19;/h2,4-5,14,17H,3,6-13,19H2,1H3;1H. The first-order valence-electron chi connectivity index (χ1n) is 8.34. The van der Waals surface area contributed by atoms with Crippen LogP contribution >= 0.6 is 12.4 Å². The molecule has 1 amide bonds. The van der Waals surface area contributed by atoms with Gasteiger partial charge in [0.2, 0.25) is 5.91 Å². The van der Waals surface area contributed by atoms with Crippen LogP contribution in [0.15, 0.2) is 24.3 Å². The average molecular weight is 341 g/mol. The highest BCUT2D eigenvalue weighted by Gasteiger charge is 2.22. The lowest BCUT2D eigenvalue weighted by atomic mass is 10.0. The summed E-state index contributed by atoms with van der Waals surface area (Å²) in [6, 6.07) is 8.39. The second-order valence-corrected chi connectivity index (χ2v) is 6.08. The zero-order valence-corrected chi connectivity index (χ0v) is 14.8. The largest absolute Gasteiger partial charge is 0.378 e. The first-order valence-corrected chi connectivity index (χ1v) is 8.34. The summed E-state index contributed by atoms with van der Waals surface area (Å²) in [6.45, 7) is 5.14. The molecule has 0 aromatic heterocycles. The van der Waals surface area contributed by atoms with Crippen LogP contribution < -0.4 is 5.73 Å². The maximum Gasteiger partial charge on any atom is 0.222 e. The van der Waals surface area contributed by atoms with Crippen molar-refractivity contribution in [3.05, 3.63) is 35.4 Å². The quantitative estimate of drug-likeness (QED) is 0.776. The fourth-order valence-electron chi connectivity index (χ4n) is 2.88. The molecule has 4 nitrogen and oxygen atoms in total. The summed E-state index contributed by atoms with van der Waals surface area (Å²) >= 11 is 0. The molecule has 0 bridgehead atoms. The van der Waals surface area contributed by atoms with Gasteiger partial charge in [0.25, 0.3) is 0 Å². The maximum atomic E-state index is 12.3. The van der Waals surface area contributed by atoms with Gasteiger partial charge < -0.3 is 15.4 Å². The van der Waals surface area contributed by atoms with Crippen LogP contribution in [0, 0.1) is 6.92 Å². The van der Waals surface area contributed by atoms with Crippen molar-refractivity contribution in [2.45, 2.75) is 45.1 Å². The third-order valence-corrected chi connectivity index (χ3v) is 4.21. The smallest absolute Gasteiger partial charge is 0.222 e. The van der Waals surface area contributed by atoms with E-state index in [1.165, 1.54) is 11.1 Å². The van der Waals surface area contributed by atoms with Crippen molar-refractivity contribution in [3.8, 4) is 0 Å². The van der Waals surface area contributed by atoms with E-state index in [0.29, 0.717) is 19.1 Å². The number of nitrogens with zero attached hydrogens (tertiary/aromatic N) is 1. The molecule has 1 aromatic carbocycles. The van der Waals surface area contributed by atoms with Gasteiger partial charge in [0.05, 0.1) is 6.10 Å². The van der Waals surface area contributed by atoms with Crippen LogP contribution in [0.1, 0.15) is 36.8 Å². The number of ether oxygens (including phenoxy) is 1. The van der Waals surface area contributed by atoms with E-state index >= 15 is 0 Å². The number of hydrogen-bond donors (Lipinski definition) is 1. The van der Waals surface area contributed by atoms with Gasteiger partial charge in [0.15, 0.2) is 0 Å². The number of likely N-dealkylation sites (tertiary alicyclic amines) is 1. The molecule has 1 aliphatic heterocycles. The molecule has 1 aromatic rings. The third kappa shape index (κ3) is 6.90. The molecule has 0 aliphatic carbocycles. The summed E-state index contributed by atoms with van der Waals surface area (Å²) in [6.07, 6.45) is 4.53. The Bertz CT molecular complexity index is 474. The lowest BCUT2D eigenvalue weighted by Gasteiger charge is -2.32. The Kier molecular flexibility index (Phi) is 9.22. The van der Waals surface area contributed by atoms with E-state index in [1.54, 1.807) is 0 Å². The Morgan fingerprint density at radius 3 is 2.74 bits per heavy atom. The highest BCUT2D eigenvalue weighted by molar-refractivity contribution is 5.85. The molecule has 2 rings (SSSR count). The minimum absolute atomic E-state index is 0. The van der Waals surface area contributed by atoms with E-state index in [-0.39, 0.29) is 18.3 Å². The Labute approximate surface area is 145 Å². The van der Waals surface area contributed by atoms with E-state index in [0.717, 1.165) is 45.4 Å². The highest BCUT2D eigenvalue weighted by Crippen LogP contribution is 2.16. The number of carbonyl (C=O) groups is 1. The Balaban J connectivity index is 0.00000264. The number of hydrogen-bond acceptors (Lipinski definition) is 3. The molecular formula is C18H29ClN2O2. The minimum Gasteiger partial charge on any atom is -0.378 e. The predicted molar refractivity (Wildman–Crippen MR) is 96.0 cm³/mol. The summed E-state index contributed by atoms with van der Waals surface area (Å²) in [5, 5.41) is 0. The number of aryl methyl sites for hydroxylation is 2. The van der Waals surface area contributed by atoms with E-state index in [9.17, 15) is 4.79 Å². The molecule has 2 N–H and O–H groups in total. The Morgan fingerprint density at radius 2 is 2.09 bits per heavy atom. The van der Waals surface area contributed by atoms with Gasteiger partial charge in [-0.3, -0.25) is 4.79 Å². The predicted octanol–water partition coefficient (Wildman–Crippen LogP) is 2.71. The number of rotatable bonds is 7. The molecule has 1 heterocycles. The molecule has 1 fully saturated rings. The van der Waals surface area contributed by atoms with Gasteiger partial charge in [-0.05, 0) is 44.7 Å². The molecule has 5 heteroatoms. The molecular weight excluding hydrogens is 312 g/mol. The number of piperidine rings is 1. The SMILES string of the molecule is Cc1cccc(CCC(=O)N2CCC(OCCCN)CC2)c1.Cl. The lowest BCUT2D eigenvalue weighted by Crippen LogP contribution is -2.41. The number of halogens is 1. The normalized spacial score (nSPS) is 15.3.